The second-order valence-electron chi connectivity index (χ2n) is 8.21. The van der Waals surface area contributed by atoms with E-state index >= 15 is 0 Å². The Bertz CT molecular complexity index is 514. The maximum absolute atomic E-state index is 13.5. The maximum Gasteiger partial charge on any atom is 0.237 e. The first-order valence-corrected chi connectivity index (χ1v) is 8.20. The van der Waals surface area contributed by atoms with Gasteiger partial charge in [0.1, 0.15) is 12.2 Å². The molecular weight excluding hydrogens is 297 g/mol. The zero-order chi connectivity index (χ0) is 17.5. The van der Waals surface area contributed by atoms with E-state index < -0.39 is 12.2 Å². The van der Waals surface area contributed by atoms with Crippen LogP contribution in [0.1, 0.15) is 41.0 Å². The van der Waals surface area contributed by atoms with E-state index in [1.165, 1.54) is 4.90 Å². The van der Waals surface area contributed by atoms with Crippen LogP contribution in [0.4, 0.5) is 4.39 Å². The number of carbonyl (C=O) groups excluding carboxylic acids is 1. The third-order valence-corrected chi connectivity index (χ3v) is 6.27. The van der Waals surface area contributed by atoms with Crippen LogP contribution in [0.15, 0.2) is 0 Å². The highest BCUT2D eigenvalue weighted by Crippen LogP contribution is 2.49. The van der Waals surface area contributed by atoms with Crippen molar-refractivity contribution < 1.29 is 13.9 Å². The van der Waals surface area contributed by atoms with Crippen molar-refractivity contribution in [2.75, 3.05) is 26.3 Å². The van der Waals surface area contributed by atoms with Gasteiger partial charge in [-0.3, -0.25) is 4.79 Å². The number of halogens is 1. The minimum Gasteiger partial charge on any atom is -0.379 e. The van der Waals surface area contributed by atoms with Gasteiger partial charge in [0.2, 0.25) is 5.91 Å². The molecule has 2 aliphatic rings. The average Bonchev–Trinajstić information content (AvgIpc) is 2.84. The first-order valence-electron chi connectivity index (χ1n) is 8.20. The number of nitrogens with zero attached hydrogens (tertiary/aromatic N) is 2. The number of rotatable bonds is 3. The molecule has 1 N–H and O–H groups in total. The Morgan fingerprint density at radius 3 is 2.61 bits per heavy atom. The van der Waals surface area contributed by atoms with E-state index in [-0.39, 0.29) is 41.8 Å². The van der Waals surface area contributed by atoms with Gasteiger partial charge >= 0.3 is 0 Å². The van der Waals surface area contributed by atoms with Crippen LogP contribution in [-0.4, -0.2) is 54.9 Å². The van der Waals surface area contributed by atoms with Gasteiger partial charge in [-0.2, -0.15) is 5.26 Å². The van der Waals surface area contributed by atoms with Crippen molar-refractivity contribution in [3.63, 3.8) is 0 Å². The fourth-order valence-electron chi connectivity index (χ4n) is 3.44. The predicted octanol–water partition coefficient (Wildman–Crippen LogP) is 1.88. The molecule has 0 saturated carbocycles. The fraction of sp³-hybridized carbons (Fsp3) is 0.882. The summed E-state index contributed by atoms with van der Waals surface area (Å²) in [6.45, 7) is 12.0. The minimum atomic E-state index is -1.10. The van der Waals surface area contributed by atoms with Crippen LogP contribution >= 0.6 is 0 Å². The maximum atomic E-state index is 13.5. The third kappa shape index (κ3) is 3.09. The average molecular weight is 325 g/mol. The summed E-state index contributed by atoms with van der Waals surface area (Å²) in [5, 5.41) is 12.4. The van der Waals surface area contributed by atoms with E-state index in [2.05, 4.69) is 39.9 Å². The molecule has 2 fully saturated rings. The number of carbonyl (C=O) groups is 1. The van der Waals surface area contributed by atoms with Crippen LogP contribution in [0.3, 0.4) is 0 Å². The van der Waals surface area contributed by atoms with Crippen LogP contribution in [0.2, 0.25) is 0 Å². The second kappa shape index (κ2) is 6.03. The molecular formula is C17H28FN3O2. The van der Waals surface area contributed by atoms with E-state index in [1.54, 1.807) is 0 Å². The van der Waals surface area contributed by atoms with Crippen LogP contribution in [0.25, 0.3) is 0 Å². The summed E-state index contributed by atoms with van der Waals surface area (Å²) in [5.41, 5.74) is -0.509. The lowest BCUT2D eigenvalue weighted by Gasteiger charge is -2.57. The fourth-order valence-corrected chi connectivity index (χ4v) is 3.44. The molecule has 2 rings (SSSR count). The Morgan fingerprint density at radius 1 is 1.35 bits per heavy atom. The summed E-state index contributed by atoms with van der Waals surface area (Å²) in [6.07, 6.45) is -0.992. The number of hydrogen-bond acceptors (Lipinski definition) is 4. The number of alkyl halides is 1. The molecule has 3 atom stereocenters. The van der Waals surface area contributed by atoms with E-state index in [1.807, 2.05) is 6.07 Å². The van der Waals surface area contributed by atoms with Gasteiger partial charge in [-0.15, -0.1) is 0 Å². The number of ether oxygens (including phenoxy) is 1. The SMILES string of the molecule is CC1(C)COC[C@@](C)(NCC(=O)N2C[C@@H](F)C[C@H]2C#N)C1(C)C. The Morgan fingerprint density at radius 2 is 2.00 bits per heavy atom. The lowest BCUT2D eigenvalue weighted by atomic mass is 9.57. The molecule has 2 saturated heterocycles. The Hall–Kier alpha value is -1.19. The topological polar surface area (TPSA) is 65.4 Å². The molecule has 23 heavy (non-hydrogen) atoms. The highest BCUT2D eigenvalue weighted by molar-refractivity contribution is 5.79. The molecule has 0 aliphatic carbocycles. The lowest BCUT2D eigenvalue weighted by Crippen LogP contribution is -2.67. The molecule has 0 spiro atoms. The molecule has 5 nitrogen and oxygen atoms in total. The number of nitriles is 1. The van der Waals surface area contributed by atoms with Gasteiger partial charge in [-0.05, 0) is 17.8 Å². The normalized spacial score (nSPS) is 35.8. The predicted molar refractivity (Wildman–Crippen MR) is 85.4 cm³/mol. The molecule has 0 aromatic heterocycles. The zero-order valence-electron chi connectivity index (χ0n) is 14.8. The summed E-state index contributed by atoms with van der Waals surface area (Å²) in [4.78, 5) is 13.8. The van der Waals surface area contributed by atoms with Crippen molar-refractivity contribution in [3.8, 4) is 6.07 Å². The van der Waals surface area contributed by atoms with E-state index in [0.717, 1.165) is 0 Å². The summed E-state index contributed by atoms with van der Waals surface area (Å²) in [7, 11) is 0. The highest BCUT2D eigenvalue weighted by atomic mass is 19.1. The van der Waals surface area contributed by atoms with Gasteiger partial charge in [0.05, 0.1) is 32.4 Å². The summed E-state index contributed by atoms with van der Waals surface area (Å²) in [5.74, 6) is -0.225. The van der Waals surface area contributed by atoms with Gasteiger partial charge in [-0.25, -0.2) is 4.39 Å². The third-order valence-electron chi connectivity index (χ3n) is 6.27. The minimum absolute atomic E-state index is 0.0147. The van der Waals surface area contributed by atoms with Gasteiger partial charge in [0, 0.05) is 12.0 Å². The summed E-state index contributed by atoms with van der Waals surface area (Å²) >= 11 is 0. The molecule has 6 heteroatoms. The molecule has 2 aliphatic heterocycles. The molecule has 2 heterocycles. The lowest BCUT2D eigenvalue weighted by molar-refractivity contribution is -0.146. The van der Waals surface area contributed by atoms with Crippen LogP contribution < -0.4 is 5.32 Å². The first-order chi connectivity index (χ1) is 10.5. The van der Waals surface area contributed by atoms with Gasteiger partial charge < -0.3 is 15.0 Å². The summed E-state index contributed by atoms with van der Waals surface area (Å²) in [6, 6.07) is 1.36. The summed E-state index contributed by atoms with van der Waals surface area (Å²) < 4.78 is 19.2. The van der Waals surface area contributed by atoms with Crippen LogP contribution in [0, 0.1) is 22.2 Å². The quantitative estimate of drug-likeness (QED) is 0.860. The number of amides is 1. The number of hydrogen-bond donors (Lipinski definition) is 1. The van der Waals surface area contributed by atoms with Crippen molar-refractivity contribution in [2.45, 2.75) is 58.8 Å². The van der Waals surface area contributed by atoms with E-state index in [9.17, 15) is 9.18 Å². The van der Waals surface area contributed by atoms with Crippen molar-refractivity contribution in [2.24, 2.45) is 10.8 Å². The van der Waals surface area contributed by atoms with Gasteiger partial charge in [0.25, 0.3) is 0 Å². The molecule has 0 bridgehead atoms. The van der Waals surface area contributed by atoms with Crippen molar-refractivity contribution in [3.05, 3.63) is 0 Å². The highest BCUT2D eigenvalue weighted by Gasteiger charge is 2.54. The molecule has 0 aromatic rings. The van der Waals surface area contributed by atoms with Gasteiger partial charge in [-0.1, -0.05) is 27.7 Å². The van der Waals surface area contributed by atoms with Gasteiger partial charge in [0.15, 0.2) is 0 Å². The Kier molecular flexibility index (Phi) is 4.76. The van der Waals surface area contributed by atoms with Crippen molar-refractivity contribution in [1.82, 2.24) is 10.2 Å². The second-order valence-corrected chi connectivity index (χ2v) is 8.21. The first kappa shape index (κ1) is 18.2. The van der Waals surface area contributed by atoms with Crippen LogP contribution in [0.5, 0.6) is 0 Å². The monoisotopic (exact) mass is 325 g/mol. The van der Waals surface area contributed by atoms with Crippen LogP contribution in [-0.2, 0) is 9.53 Å². The molecule has 0 aromatic carbocycles. The zero-order valence-corrected chi connectivity index (χ0v) is 14.8. The van der Waals surface area contributed by atoms with E-state index in [4.69, 9.17) is 10.00 Å². The molecule has 1 amide bonds. The number of likely N-dealkylation sites (tertiary alicyclic amines) is 1. The van der Waals surface area contributed by atoms with Crippen molar-refractivity contribution >= 4 is 5.91 Å². The largest absolute Gasteiger partial charge is 0.379 e. The molecule has 130 valence electrons. The molecule has 0 radical (unpaired) electrons. The van der Waals surface area contributed by atoms with Crippen molar-refractivity contribution in [1.29, 1.82) is 5.26 Å². The number of nitrogens with one attached hydrogen (secondary N) is 1. The van der Waals surface area contributed by atoms with E-state index in [0.29, 0.717) is 13.2 Å². The Balaban J connectivity index is 2.05. The standard InChI is InChI=1S/C17H28FN3O2/c1-15(2)10-23-11-17(5,16(15,3)4)20-8-14(22)21-9-12(18)6-13(21)7-19/h12-13,20H,6,8-11H2,1-5H3/t12-,13-,17+/m0/s1. The molecule has 0 unspecified atom stereocenters. The Labute approximate surface area is 138 Å². The smallest absolute Gasteiger partial charge is 0.237 e.